The highest BCUT2D eigenvalue weighted by molar-refractivity contribution is 5.81. The Bertz CT molecular complexity index is 603. The average molecular weight is 267 g/mol. The number of hydrogen-bond acceptors (Lipinski definition) is 8. The molecule has 5 atom stereocenters. The minimum absolute atomic E-state index is 0.173. The Hall–Kier alpha value is -1.81. The Balaban J connectivity index is 2.12. The Kier molecular flexibility index (Phi) is 2.64. The van der Waals surface area contributed by atoms with E-state index < -0.39 is 30.5 Å². The number of rotatable bonds is 1. The third kappa shape index (κ3) is 1.60. The topological polar surface area (TPSA) is 151 Å². The van der Waals surface area contributed by atoms with E-state index >= 15 is 0 Å². The summed E-state index contributed by atoms with van der Waals surface area (Å²) in [6.45, 7) is 0. The van der Waals surface area contributed by atoms with Crippen LogP contribution in [-0.2, 0) is 0 Å². The molecule has 9 nitrogen and oxygen atoms in total. The highest BCUT2D eigenvalue weighted by atomic mass is 16.4. The number of nitrogens with two attached hydrogens (primary N) is 1. The van der Waals surface area contributed by atoms with Crippen LogP contribution in [-0.4, -0.2) is 64.4 Å². The van der Waals surface area contributed by atoms with Crippen LogP contribution < -0.4 is 5.73 Å². The van der Waals surface area contributed by atoms with Gasteiger partial charge in [0, 0.05) is 0 Å². The first kappa shape index (κ1) is 12.2. The van der Waals surface area contributed by atoms with Gasteiger partial charge < -0.3 is 30.7 Å². The number of aliphatic hydroxyl groups excluding tert-OH is 4. The summed E-state index contributed by atoms with van der Waals surface area (Å²) < 4.78 is 1.38. The molecular formula is C10H13N5O4. The summed E-state index contributed by atoms with van der Waals surface area (Å²) in [6.07, 6.45) is -2.97. The first-order chi connectivity index (χ1) is 9.02. The van der Waals surface area contributed by atoms with Crippen molar-refractivity contribution < 1.29 is 20.4 Å². The van der Waals surface area contributed by atoms with Crippen LogP contribution >= 0.6 is 0 Å². The molecule has 0 bridgehead atoms. The summed E-state index contributed by atoms with van der Waals surface area (Å²) in [7, 11) is 0. The molecule has 0 aromatic carbocycles. The molecule has 1 saturated carbocycles. The molecule has 0 amide bonds. The van der Waals surface area contributed by atoms with Crippen LogP contribution in [0.15, 0.2) is 12.7 Å². The average Bonchev–Trinajstić information content (AvgIpc) is 2.89. The van der Waals surface area contributed by atoms with Crippen molar-refractivity contribution in [1.29, 1.82) is 0 Å². The lowest BCUT2D eigenvalue weighted by atomic mass is 10.2. The van der Waals surface area contributed by atoms with E-state index in [2.05, 4.69) is 15.0 Å². The zero-order chi connectivity index (χ0) is 13.7. The normalized spacial score (nSPS) is 35.1. The number of anilines is 1. The molecule has 0 aliphatic heterocycles. The zero-order valence-electron chi connectivity index (χ0n) is 9.70. The van der Waals surface area contributed by atoms with Gasteiger partial charge in [-0.3, -0.25) is 0 Å². The summed E-state index contributed by atoms with van der Waals surface area (Å²) in [6, 6.07) is -0.954. The summed E-state index contributed by atoms with van der Waals surface area (Å²) in [4.78, 5) is 11.8. The molecule has 0 saturated heterocycles. The van der Waals surface area contributed by atoms with E-state index in [1.54, 1.807) is 0 Å². The van der Waals surface area contributed by atoms with Gasteiger partial charge in [0.2, 0.25) is 0 Å². The molecule has 2 aromatic rings. The van der Waals surface area contributed by atoms with Crippen LogP contribution in [0.4, 0.5) is 5.82 Å². The van der Waals surface area contributed by atoms with Crippen LogP contribution in [0.2, 0.25) is 0 Å². The van der Waals surface area contributed by atoms with Gasteiger partial charge >= 0.3 is 0 Å². The molecule has 0 radical (unpaired) electrons. The van der Waals surface area contributed by atoms with Gasteiger partial charge in [-0.25, -0.2) is 15.0 Å². The lowest BCUT2D eigenvalue weighted by Gasteiger charge is -2.20. The van der Waals surface area contributed by atoms with Gasteiger partial charge in [0.15, 0.2) is 11.5 Å². The smallest absolute Gasteiger partial charge is 0.165 e. The number of nitrogen functional groups attached to an aromatic ring is 1. The molecule has 0 spiro atoms. The van der Waals surface area contributed by atoms with Gasteiger partial charge in [-0.1, -0.05) is 0 Å². The van der Waals surface area contributed by atoms with Crippen molar-refractivity contribution >= 4 is 17.0 Å². The molecule has 19 heavy (non-hydrogen) atoms. The molecule has 1 fully saturated rings. The van der Waals surface area contributed by atoms with Crippen molar-refractivity contribution in [3.63, 3.8) is 0 Å². The molecule has 9 heteroatoms. The van der Waals surface area contributed by atoms with Crippen molar-refractivity contribution in [3.05, 3.63) is 12.7 Å². The third-order valence-electron chi connectivity index (χ3n) is 3.46. The van der Waals surface area contributed by atoms with Gasteiger partial charge in [-0.2, -0.15) is 0 Å². The van der Waals surface area contributed by atoms with Crippen molar-refractivity contribution in [3.8, 4) is 0 Å². The molecule has 1 aliphatic carbocycles. The lowest BCUT2D eigenvalue weighted by Crippen LogP contribution is -2.32. The largest absolute Gasteiger partial charge is 0.388 e. The highest BCUT2D eigenvalue weighted by Crippen LogP contribution is 2.33. The molecule has 3 rings (SSSR count). The van der Waals surface area contributed by atoms with Gasteiger partial charge in [0.1, 0.15) is 36.3 Å². The molecule has 1 unspecified atom stereocenters. The summed E-state index contributed by atoms with van der Waals surface area (Å²) in [5, 5.41) is 39.0. The predicted molar refractivity (Wildman–Crippen MR) is 62.8 cm³/mol. The van der Waals surface area contributed by atoms with Crippen molar-refractivity contribution in [2.24, 2.45) is 0 Å². The first-order valence-corrected chi connectivity index (χ1v) is 5.67. The minimum atomic E-state index is -1.43. The maximum absolute atomic E-state index is 9.91. The molecular weight excluding hydrogens is 254 g/mol. The number of aromatic nitrogens is 4. The van der Waals surface area contributed by atoms with Crippen LogP contribution in [0, 0.1) is 0 Å². The molecule has 2 aromatic heterocycles. The van der Waals surface area contributed by atoms with Gasteiger partial charge in [0.25, 0.3) is 0 Å². The third-order valence-corrected chi connectivity index (χ3v) is 3.46. The molecule has 102 valence electrons. The number of imidazole rings is 1. The van der Waals surface area contributed by atoms with Crippen LogP contribution in [0.5, 0.6) is 0 Å². The highest BCUT2D eigenvalue weighted by Gasteiger charge is 2.49. The van der Waals surface area contributed by atoms with E-state index in [4.69, 9.17) is 5.73 Å². The summed E-state index contributed by atoms with van der Waals surface area (Å²) in [5.41, 5.74) is 6.29. The standard InChI is InChI=1S/C10H13N5O4/c11-9-3-10(13-1-12-9)15(2-14-3)4-5(16)7(18)8(19)6(4)17/h1-2,4-8,16-19H,(H2,11,12,13)/t4?,5-,6+,7-,8-/m0/s1. The number of fused-ring (bicyclic) bond motifs is 1. The fourth-order valence-electron chi connectivity index (χ4n) is 2.43. The van der Waals surface area contributed by atoms with E-state index in [0.717, 1.165) is 0 Å². The molecule has 1 aliphatic rings. The Morgan fingerprint density at radius 1 is 0.947 bits per heavy atom. The van der Waals surface area contributed by atoms with Gasteiger partial charge in [-0.05, 0) is 0 Å². The van der Waals surface area contributed by atoms with E-state index in [1.807, 2.05) is 0 Å². The van der Waals surface area contributed by atoms with Gasteiger partial charge in [-0.15, -0.1) is 0 Å². The lowest BCUT2D eigenvalue weighted by molar-refractivity contribution is -0.0413. The zero-order valence-corrected chi connectivity index (χ0v) is 9.70. The SMILES string of the molecule is Nc1ncnc2c1ncn2C1[C@@H](O)[C@H](O)[C@@H](O)[C@H]1O. The Morgan fingerprint density at radius 3 is 2.21 bits per heavy atom. The Morgan fingerprint density at radius 2 is 1.58 bits per heavy atom. The fraction of sp³-hybridized carbons (Fsp3) is 0.500. The minimum Gasteiger partial charge on any atom is -0.388 e. The fourth-order valence-corrected chi connectivity index (χ4v) is 2.43. The molecule has 6 N–H and O–H groups in total. The summed E-state index contributed by atoms with van der Waals surface area (Å²) >= 11 is 0. The van der Waals surface area contributed by atoms with Crippen molar-refractivity contribution in [2.75, 3.05) is 5.73 Å². The van der Waals surface area contributed by atoms with E-state index in [-0.39, 0.29) is 5.82 Å². The van der Waals surface area contributed by atoms with Gasteiger partial charge in [0.05, 0.1) is 12.4 Å². The van der Waals surface area contributed by atoms with E-state index in [1.165, 1.54) is 17.2 Å². The first-order valence-electron chi connectivity index (χ1n) is 5.67. The van der Waals surface area contributed by atoms with Crippen molar-refractivity contribution in [2.45, 2.75) is 30.5 Å². The predicted octanol–water partition coefficient (Wildman–Crippen LogP) is -2.59. The number of nitrogens with zero attached hydrogens (tertiary/aromatic N) is 4. The van der Waals surface area contributed by atoms with E-state index in [9.17, 15) is 20.4 Å². The second-order valence-corrected chi connectivity index (χ2v) is 4.54. The second-order valence-electron chi connectivity index (χ2n) is 4.54. The van der Waals surface area contributed by atoms with Crippen LogP contribution in [0.3, 0.4) is 0 Å². The maximum atomic E-state index is 9.91. The number of aliphatic hydroxyl groups is 4. The van der Waals surface area contributed by atoms with Crippen LogP contribution in [0.25, 0.3) is 11.2 Å². The quantitative estimate of drug-likeness (QED) is 0.377. The Labute approximate surface area is 107 Å². The number of hydrogen-bond donors (Lipinski definition) is 5. The maximum Gasteiger partial charge on any atom is 0.165 e. The van der Waals surface area contributed by atoms with Crippen LogP contribution in [0.1, 0.15) is 6.04 Å². The second kappa shape index (κ2) is 4.10. The van der Waals surface area contributed by atoms with E-state index in [0.29, 0.717) is 11.2 Å². The molecule has 2 heterocycles. The van der Waals surface area contributed by atoms with Crippen molar-refractivity contribution in [1.82, 2.24) is 19.5 Å². The summed E-state index contributed by atoms with van der Waals surface area (Å²) in [5.74, 6) is 0.173. The monoisotopic (exact) mass is 267 g/mol.